The molecule has 0 saturated carbocycles. The topological polar surface area (TPSA) is 92.7 Å². The van der Waals surface area contributed by atoms with Gasteiger partial charge < -0.3 is 14.2 Å². The number of aryl methyl sites for hydroxylation is 1. The average Bonchev–Trinajstić information content (AvgIpc) is 3.41. The molecule has 0 unspecified atom stereocenters. The lowest BCUT2D eigenvalue weighted by molar-refractivity contribution is 0.0707. The van der Waals surface area contributed by atoms with Crippen LogP contribution in [0.3, 0.4) is 0 Å². The van der Waals surface area contributed by atoms with E-state index in [-0.39, 0.29) is 11.9 Å². The van der Waals surface area contributed by atoms with Crippen LogP contribution in [0, 0.1) is 0 Å². The van der Waals surface area contributed by atoms with Crippen LogP contribution in [0.2, 0.25) is 0 Å². The number of halogens is 1. The van der Waals surface area contributed by atoms with Gasteiger partial charge in [0, 0.05) is 55.7 Å². The van der Waals surface area contributed by atoms with Crippen LogP contribution in [0.5, 0.6) is 0 Å². The van der Waals surface area contributed by atoms with Gasteiger partial charge in [-0.3, -0.25) is 4.79 Å². The van der Waals surface area contributed by atoms with E-state index in [1.54, 1.807) is 23.0 Å². The first-order valence-corrected chi connectivity index (χ1v) is 12.1. The summed E-state index contributed by atoms with van der Waals surface area (Å²) in [4.78, 5) is 31.4. The number of hydrogen-bond donors (Lipinski definition) is 0. The Morgan fingerprint density at radius 1 is 1.11 bits per heavy atom. The molecule has 0 N–H and O–H groups in total. The second-order valence-corrected chi connectivity index (χ2v) is 9.33. The van der Waals surface area contributed by atoms with Crippen LogP contribution in [0.25, 0.3) is 23.1 Å². The molecule has 0 bridgehead atoms. The van der Waals surface area contributed by atoms with Gasteiger partial charge in [-0.05, 0) is 44.0 Å². The van der Waals surface area contributed by atoms with Crippen molar-refractivity contribution in [1.82, 2.24) is 29.5 Å². The Hall–Kier alpha value is -3.72. The summed E-state index contributed by atoms with van der Waals surface area (Å²) in [5.41, 5.74) is 2.54. The minimum atomic E-state index is -0.0792. The molecular formula is C25H24ClN7O2. The summed E-state index contributed by atoms with van der Waals surface area (Å²) in [6.07, 6.45) is 9.34. The maximum Gasteiger partial charge on any atom is 0.298 e. The minimum absolute atomic E-state index is 0.0228. The predicted octanol–water partition coefficient (Wildman–Crippen LogP) is 4.05. The highest BCUT2D eigenvalue weighted by Crippen LogP contribution is 2.31. The van der Waals surface area contributed by atoms with E-state index in [1.807, 2.05) is 35.4 Å². The fraction of sp³-hybridized carbons (Fsp3) is 0.320. The van der Waals surface area contributed by atoms with Crippen LogP contribution in [0.4, 0.5) is 6.01 Å². The van der Waals surface area contributed by atoms with Gasteiger partial charge in [0.2, 0.25) is 0 Å². The van der Waals surface area contributed by atoms with E-state index < -0.39 is 0 Å². The lowest BCUT2D eigenvalue weighted by Gasteiger charge is -2.26. The van der Waals surface area contributed by atoms with Crippen LogP contribution in [-0.2, 0) is 6.42 Å². The number of aromatic nitrogens is 5. The minimum Gasteiger partial charge on any atom is -0.428 e. The molecule has 5 heterocycles. The van der Waals surface area contributed by atoms with E-state index in [0.717, 1.165) is 47.8 Å². The van der Waals surface area contributed by atoms with Crippen LogP contribution in [0.15, 0.2) is 52.3 Å². The number of rotatable bonds is 3. The maximum atomic E-state index is 14.0. The third-order valence-corrected chi connectivity index (χ3v) is 6.92. The van der Waals surface area contributed by atoms with E-state index in [1.165, 1.54) is 0 Å². The molecule has 9 nitrogen and oxygen atoms in total. The second-order valence-electron chi connectivity index (χ2n) is 8.85. The van der Waals surface area contributed by atoms with E-state index in [0.29, 0.717) is 36.2 Å². The summed E-state index contributed by atoms with van der Waals surface area (Å²) in [6, 6.07) is 8.05. The van der Waals surface area contributed by atoms with Crippen LogP contribution < -0.4 is 4.90 Å². The number of carbonyl (C=O) groups excluding carboxylic acids is 1. The third kappa shape index (κ3) is 3.95. The zero-order valence-electron chi connectivity index (χ0n) is 19.3. The maximum absolute atomic E-state index is 14.0. The van der Waals surface area contributed by atoms with Gasteiger partial charge in [-0.25, -0.2) is 14.5 Å². The van der Waals surface area contributed by atoms with Crippen molar-refractivity contribution in [2.75, 3.05) is 24.5 Å². The average molecular weight is 490 g/mol. The zero-order chi connectivity index (χ0) is 23.9. The Bertz CT molecular complexity index is 1430. The molecule has 10 heteroatoms. The molecule has 1 amide bonds. The number of hydrogen-bond acceptors (Lipinski definition) is 7. The molecule has 0 radical (unpaired) electrons. The first-order valence-electron chi connectivity index (χ1n) is 11.7. The van der Waals surface area contributed by atoms with Crippen LogP contribution in [-0.4, -0.2) is 61.0 Å². The van der Waals surface area contributed by atoms with Gasteiger partial charge >= 0.3 is 0 Å². The van der Waals surface area contributed by atoms with E-state index >= 15 is 0 Å². The molecule has 4 aromatic heterocycles. The molecule has 4 aromatic rings. The first-order chi connectivity index (χ1) is 17.1. The second kappa shape index (κ2) is 8.81. The molecule has 1 saturated heterocycles. The summed E-state index contributed by atoms with van der Waals surface area (Å²) < 4.78 is 7.78. The highest BCUT2D eigenvalue weighted by atomic mass is 35.5. The van der Waals surface area contributed by atoms with Gasteiger partial charge in [-0.2, -0.15) is 10.1 Å². The number of oxazole rings is 1. The normalized spacial score (nSPS) is 18.3. The van der Waals surface area contributed by atoms with Crippen molar-refractivity contribution < 1.29 is 9.21 Å². The van der Waals surface area contributed by atoms with Crippen molar-refractivity contribution in [2.24, 2.45) is 0 Å². The Morgan fingerprint density at radius 2 is 1.97 bits per heavy atom. The van der Waals surface area contributed by atoms with Gasteiger partial charge in [0.15, 0.2) is 5.82 Å². The smallest absolute Gasteiger partial charge is 0.298 e. The molecule has 0 aromatic carbocycles. The van der Waals surface area contributed by atoms with Crippen molar-refractivity contribution in [3.05, 3.63) is 64.9 Å². The molecule has 1 aliphatic heterocycles. The Balaban J connectivity index is 1.31. The van der Waals surface area contributed by atoms with Crippen molar-refractivity contribution in [2.45, 2.75) is 32.2 Å². The molecule has 1 aliphatic carbocycles. The van der Waals surface area contributed by atoms with Gasteiger partial charge in [-0.15, -0.1) is 0 Å². The largest absolute Gasteiger partial charge is 0.428 e. The Morgan fingerprint density at radius 3 is 2.83 bits per heavy atom. The molecule has 6 rings (SSSR count). The summed E-state index contributed by atoms with van der Waals surface area (Å²) in [7, 11) is 0. The molecule has 178 valence electrons. The summed E-state index contributed by atoms with van der Waals surface area (Å²) in [5.74, 6) is 1.22. The number of carbonyl (C=O) groups is 1. The first kappa shape index (κ1) is 21.8. The fourth-order valence-corrected chi connectivity index (χ4v) is 4.91. The predicted molar refractivity (Wildman–Crippen MR) is 132 cm³/mol. The van der Waals surface area contributed by atoms with Gasteiger partial charge in [0.25, 0.3) is 11.9 Å². The fourth-order valence-electron chi connectivity index (χ4n) is 4.71. The standard InChI is InChI=1S/C25H24ClN7O2/c1-16-8-12-31(25-29-18-15-17(26)6-7-20(18)35-25)13-14-32(16)24(34)21-19-5-2-3-11-33(19)30-22(21)23-27-9-4-10-28-23/h2-5,9-11,15-16H,6-8,12-14H2,1H3/t16-/m1/s1. The number of nitrogens with zero attached hydrogens (tertiary/aromatic N) is 7. The molecule has 2 aliphatic rings. The molecule has 1 atom stereocenters. The molecule has 0 spiro atoms. The van der Waals surface area contributed by atoms with Crippen molar-refractivity contribution >= 4 is 35.1 Å². The zero-order valence-corrected chi connectivity index (χ0v) is 20.0. The van der Waals surface area contributed by atoms with E-state index in [9.17, 15) is 4.79 Å². The number of anilines is 1. The lowest BCUT2D eigenvalue weighted by atomic mass is 10.1. The monoisotopic (exact) mass is 489 g/mol. The highest BCUT2D eigenvalue weighted by Gasteiger charge is 2.32. The molecule has 35 heavy (non-hydrogen) atoms. The number of allylic oxidation sites excluding steroid dienone is 1. The third-order valence-electron chi connectivity index (χ3n) is 6.62. The van der Waals surface area contributed by atoms with Crippen molar-refractivity contribution in [3.8, 4) is 11.5 Å². The van der Waals surface area contributed by atoms with Crippen LogP contribution in [0.1, 0.15) is 41.6 Å². The Kier molecular flexibility index (Phi) is 5.49. The summed E-state index contributed by atoms with van der Waals surface area (Å²) in [5, 5.41) is 5.44. The van der Waals surface area contributed by atoms with Gasteiger partial charge in [0.05, 0.1) is 11.1 Å². The van der Waals surface area contributed by atoms with Gasteiger partial charge in [0.1, 0.15) is 17.1 Å². The number of pyridine rings is 1. The SMILES string of the molecule is C[C@@H]1CCN(c2nc3c(o2)CCC(Cl)=C3)CCN1C(=O)c1c(-c2ncccn2)nn2ccccc12. The van der Waals surface area contributed by atoms with Crippen LogP contribution >= 0.6 is 11.6 Å². The van der Waals surface area contributed by atoms with Gasteiger partial charge in [-0.1, -0.05) is 17.7 Å². The molecule has 1 fully saturated rings. The van der Waals surface area contributed by atoms with Crippen molar-refractivity contribution in [1.29, 1.82) is 0 Å². The molecular weight excluding hydrogens is 466 g/mol. The highest BCUT2D eigenvalue weighted by molar-refractivity contribution is 6.31. The quantitative estimate of drug-likeness (QED) is 0.428. The number of amides is 1. The number of fused-ring (bicyclic) bond motifs is 2. The Labute approximate surface area is 207 Å². The summed E-state index contributed by atoms with van der Waals surface area (Å²) in [6.45, 7) is 3.96. The summed E-state index contributed by atoms with van der Waals surface area (Å²) >= 11 is 6.19. The lowest BCUT2D eigenvalue weighted by Crippen LogP contribution is -2.40. The van der Waals surface area contributed by atoms with E-state index in [4.69, 9.17) is 16.0 Å². The van der Waals surface area contributed by atoms with Crippen molar-refractivity contribution in [3.63, 3.8) is 0 Å². The van der Waals surface area contributed by atoms with E-state index in [2.05, 4.69) is 31.9 Å².